The van der Waals surface area contributed by atoms with Crippen LogP contribution in [0.5, 0.6) is 0 Å². The van der Waals surface area contributed by atoms with Gasteiger partial charge in [-0.25, -0.2) is 0 Å². The summed E-state index contributed by atoms with van der Waals surface area (Å²) in [6.45, 7) is 10.4. The van der Waals surface area contributed by atoms with Crippen molar-refractivity contribution in [2.75, 3.05) is 44.8 Å². The molecule has 0 aliphatic heterocycles. The molecule has 1 atom stereocenters. The molecule has 0 radical (unpaired) electrons. The highest BCUT2D eigenvalue weighted by molar-refractivity contribution is 5.90. The van der Waals surface area contributed by atoms with E-state index >= 15 is 0 Å². The van der Waals surface area contributed by atoms with Crippen LogP contribution in [-0.2, 0) is 35.1 Å². The third kappa shape index (κ3) is 15.3. The van der Waals surface area contributed by atoms with Crippen LogP contribution in [0.4, 0.5) is 5.69 Å². The zero-order chi connectivity index (χ0) is 28.0. The van der Waals surface area contributed by atoms with Gasteiger partial charge in [0.25, 0.3) is 0 Å². The Hall–Kier alpha value is -3.04. The standard InChI is InChI=1S/C29H45N3O6/c1-4-25(5-2)26(22-34)21-23(3)30-14-12-28(35)31-15-18-38-20-19-37-17-13-29(36)32-27-10-8-24(9-11-27)7-6-16-33/h8-11,16,22,25-26,30H,3-7,12-15,17-21H2,1-2H3,(H,31,35)(H,32,36). The Morgan fingerprint density at radius 3 is 2.21 bits per heavy atom. The Morgan fingerprint density at radius 1 is 0.895 bits per heavy atom. The topological polar surface area (TPSA) is 123 Å². The number of aryl methyl sites for hydroxylation is 1. The lowest BCUT2D eigenvalue weighted by Gasteiger charge is -2.21. The molecule has 0 fully saturated rings. The Balaban J connectivity index is 2.01. The summed E-state index contributed by atoms with van der Waals surface area (Å²) in [4.78, 5) is 45.8. The first-order valence-corrected chi connectivity index (χ1v) is 13.5. The second-order valence-corrected chi connectivity index (χ2v) is 9.14. The van der Waals surface area contributed by atoms with Crippen molar-refractivity contribution in [3.05, 3.63) is 42.1 Å². The van der Waals surface area contributed by atoms with Crippen LogP contribution < -0.4 is 16.0 Å². The van der Waals surface area contributed by atoms with Gasteiger partial charge in [-0.2, -0.15) is 0 Å². The van der Waals surface area contributed by atoms with Gasteiger partial charge < -0.3 is 35.0 Å². The van der Waals surface area contributed by atoms with Gasteiger partial charge in [0, 0.05) is 43.2 Å². The summed E-state index contributed by atoms with van der Waals surface area (Å²) in [5.74, 6) is 0.0940. The summed E-state index contributed by atoms with van der Waals surface area (Å²) in [7, 11) is 0. The molecule has 2 amide bonds. The quantitative estimate of drug-likeness (QED) is 0.146. The molecule has 0 spiro atoms. The summed E-state index contributed by atoms with van der Waals surface area (Å²) in [5.41, 5.74) is 2.54. The minimum absolute atomic E-state index is 0.0405. The molecule has 9 nitrogen and oxygen atoms in total. The van der Waals surface area contributed by atoms with E-state index in [1.165, 1.54) is 0 Å². The number of nitrogens with one attached hydrogen (secondary N) is 3. The number of allylic oxidation sites excluding steroid dienone is 1. The Kier molecular flexibility index (Phi) is 18.2. The maximum Gasteiger partial charge on any atom is 0.226 e. The second-order valence-electron chi connectivity index (χ2n) is 9.14. The first-order chi connectivity index (χ1) is 18.4. The SMILES string of the molecule is C=C(CC(C=O)C(CC)CC)NCCC(=O)NCCOCCOCCC(=O)Nc1ccc(CCC=O)cc1. The molecule has 0 aliphatic rings. The van der Waals surface area contributed by atoms with E-state index in [4.69, 9.17) is 9.47 Å². The Morgan fingerprint density at radius 2 is 1.58 bits per heavy atom. The average Bonchev–Trinajstić information content (AvgIpc) is 2.91. The van der Waals surface area contributed by atoms with Crippen molar-refractivity contribution in [2.24, 2.45) is 11.8 Å². The maximum absolute atomic E-state index is 12.0. The van der Waals surface area contributed by atoms with E-state index in [0.717, 1.165) is 36.7 Å². The van der Waals surface area contributed by atoms with Crippen LogP contribution in [0.1, 0.15) is 57.9 Å². The monoisotopic (exact) mass is 531 g/mol. The fourth-order valence-electron chi connectivity index (χ4n) is 3.97. The highest BCUT2D eigenvalue weighted by Crippen LogP contribution is 2.23. The lowest BCUT2D eigenvalue weighted by atomic mass is 9.86. The Labute approximate surface area is 227 Å². The number of carbonyl (C=O) groups is 4. The first-order valence-electron chi connectivity index (χ1n) is 13.5. The van der Waals surface area contributed by atoms with Crippen LogP contribution >= 0.6 is 0 Å². The second kappa shape index (κ2) is 21.0. The maximum atomic E-state index is 12.0. The van der Waals surface area contributed by atoms with Gasteiger partial charge in [0.1, 0.15) is 12.6 Å². The number of hydrogen-bond donors (Lipinski definition) is 3. The van der Waals surface area contributed by atoms with Crippen molar-refractivity contribution < 1.29 is 28.7 Å². The van der Waals surface area contributed by atoms with Gasteiger partial charge in [0.15, 0.2) is 0 Å². The Bertz CT molecular complexity index is 839. The largest absolute Gasteiger partial charge is 0.388 e. The van der Waals surface area contributed by atoms with E-state index in [0.29, 0.717) is 70.2 Å². The van der Waals surface area contributed by atoms with Crippen LogP contribution in [0.15, 0.2) is 36.5 Å². The molecular weight excluding hydrogens is 486 g/mol. The molecule has 0 bridgehead atoms. The van der Waals surface area contributed by atoms with Crippen molar-refractivity contribution in [3.8, 4) is 0 Å². The average molecular weight is 532 g/mol. The number of ether oxygens (including phenoxy) is 2. The van der Waals surface area contributed by atoms with E-state index in [9.17, 15) is 19.2 Å². The number of aldehydes is 2. The molecule has 38 heavy (non-hydrogen) atoms. The number of rotatable bonds is 23. The molecule has 9 heteroatoms. The number of benzene rings is 1. The molecule has 0 saturated heterocycles. The number of anilines is 1. The van der Waals surface area contributed by atoms with Gasteiger partial charge in [-0.3, -0.25) is 9.59 Å². The first kappa shape index (κ1) is 33.0. The van der Waals surface area contributed by atoms with Crippen LogP contribution in [-0.4, -0.2) is 63.9 Å². The fourth-order valence-corrected chi connectivity index (χ4v) is 3.97. The minimum atomic E-state index is -0.137. The van der Waals surface area contributed by atoms with E-state index in [2.05, 4.69) is 36.4 Å². The zero-order valence-corrected chi connectivity index (χ0v) is 23.0. The van der Waals surface area contributed by atoms with Gasteiger partial charge in [-0.15, -0.1) is 0 Å². The lowest BCUT2D eigenvalue weighted by molar-refractivity contribution is -0.121. The third-order valence-corrected chi connectivity index (χ3v) is 6.24. The van der Waals surface area contributed by atoms with Crippen molar-refractivity contribution >= 4 is 30.1 Å². The van der Waals surface area contributed by atoms with Gasteiger partial charge >= 0.3 is 0 Å². The highest BCUT2D eigenvalue weighted by Gasteiger charge is 2.18. The zero-order valence-electron chi connectivity index (χ0n) is 23.0. The minimum Gasteiger partial charge on any atom is -0.388 e. The van der Waals surface area contributed by atoms with Crippen molar-refractivity contribution in [1.82, 2.24) is 10.6 Å². The molecule has 0 aromatic heterocycles. The van der Waals surface area contributed by atoms with Gasteiger partial charge in [0.05, 0.1) is 32.8 Å². The van der Waals surface area contributed by atoms with Gasteiger partial charge in [0.2, 0.25) is 11.8 Å². The van der Waals surface area contributed by atoms with Gasteiger partial charge in [-0.05, 0) is 36.5 Å². The van der Waals surface area contributed by atoms with E-state index < -0.39 is 0 Å². The molecule has 1 aromatic carbocycles. The summed E-state index contributed by atoms with van der Waals surface area (Å²) in [6, 6.07) is 7.42. The van der Waals surface area contributed by atoms with Crippen LogP contribution in [0, 0.1) is 11.8 Å². The summed E-state index contributed by atoms with van der Waals surface area (Å²) in [6.07, 6.45) is 6.14. The fraction of sp³-hybridized carbons (Fsp3) is 0.586. The predicted octanol–water partition coefficient (Wildman–Crippen LogP) is 3.43. The van der Waals surface area contributed by atoms with Crippen LogP contribution in [0.2, 0.25) is 0 Å². The molecule has 0 saturated carbocycles. The molecule has 1 aromatic rings. The number of amides is 2. The molecule has 212 valence electrons. The molecule has 3 N–H and O–H groups in total. The van der Waals surface area contributed by atoms with E-state index in [1.807, 2.05) is 24.3 Å². The lowest BCUT2D eigenvalue weighted by Crippen LogP contribution is -2.30. The summed E-state index contributed by atoms with van der Waals surface area (Å²) >= 11 is 0. The molecule has 0 aliphatic carbocycles. The predicted molar refractivity (Wildman–Crippen MR) is 149 cm³/mol. The van der Waals surface area contributed by atoms with E-state index in [-0.39, 0.29) is 30.8 Å². The normalized spacial score (nSPS) is 11.6. The number of carbonyl (C=O) groups excluding carboxylic acids is 4. The van der Waals surface area contributed by atoms with E-state index in [1.54, 1.807) is 0 Å². The summed E-state index contributed by atoms with van der Waals surface area (Å²) in [5, 5.41) is 8.75. The smallest absolute Gasteiger partial charge is 0.226 e. The summed E-state index contributed by atoms with van der Waals surface area (Å²) < 4.78 is 10.9. The van der Waals surface area contributed by atoms with Gasteiger partial charge in [-0.1, -0.05) is 45.4 Å². The van der Waals surface area contributed by atoms with Crippen LogP contribution in [0.25, 0.3) is 0 Å². The van der Waals surface area contributed by atoms with Crippen molar-refractivity contribution in [2.45, 2.75) is 58.8 Å². The number of hydrogen-bond acceptors (Lipinski definition) is 7. The van der Waals surface area contributed by atoms with Crippen molar-refractivity contribution in [1.29, 1.82) is 0 Å². The molecular formula is C29H45N3O6. The highest BCUT2D eigenvalue weighted by atomic mass is 16.5. The third-order valence-electron chi connectivity index (χ3n) is 6.24. The molecule has 1 rings (SSSR count). The van der Waals surface area contributed by atoms with Crippen LogP contribution in [0.3, 0.4) is 0 Å². The molecule has 1 unspecified atom stereocenters. The van der Waals surface area contributed by atoms with Crippen molar-refractivity contribution in [3.63, 3.8) is 0 Å². The molecule has 0 heterocycles.